The van der Waals surface area contributed by atoms with Gasteiger partial charge in [0.15, 0.2) is 15.6 Å². The van der Waals surface area contributed by atoms with Crippen molar-refractivity contribution in [2.24, 2.45) is 11.8 Å². The number of nitrogens with zero attached hydrogens (tertiary/aromatic N) is 2. The Labute approximate surface area is 245 Å². The van der Waals surface area contributed by atoms with Crippen molar-refractivity contribution in [3.8, 4) is 0 Å². The van der Waals surface area contributed by atoms with Crippen LogP contribution in [0, 0.1) is 11.8 Å². The topological polar surface area (TPSA) is 17.3 Å². The van der Waals surface area contributed by atoms with Crippen molar-refractivity contribution in [1.29, 1.82) is 0 Å². The Morgan fingerprint density at radius 1 is 0.778 bits per heavy atom. The predicted octanol–water partition coefficient (Wildman–Crippen LogP) is 5.93. The van der Waals surface area contributed by atoms with Crippen LogP contribution >= 0.6 is 11.1 Å². The molecular formula is C28H54ClLiN2Si4. The molecule has 0 bridgehead atoms. The maximum absolute atomic E-state index is 6.78. The second-order valence-electron chi connectivity index (χ2n) is 13.6. The monoisotopic (exact) mass is 572 g/mol. The van der Waals surface area contributed by atoms with Crippen LogP contribution in [0.25, 0.3) is 5.32 Å². The number of hydrogen-bond acceptors (Lipinski definition) is 1. The summed E-state index contributed by atoms with van der Waals surface area (Å²) < 4.78 is 2.60. The van der Waals surface area contributed by atoms with E-state index in [-0.39, 0.29) is 18.9 Å². The van der Waals surface area contributed by atoms with Crippen LogP contribution in [0.2, 0.25) is 63.5 Å². The van der Waals surface area contributed by atoms with Gasteiger partial charge in [-0.05, 0) is 50.1 Å². The molecular weight excluding hydrogens is 519 g/mol. The first-order valence-electron chi connectivity index (χ1n) is 13.7. The molecule has 0 radical (unpaired) electrons. The van der Waals surface area contributed by atoms with Crippen molar-refractivity contribution in [1.82, 2.24) is 4.57 Å². The molecule has 2 atom stereocenters. The Bertz CT molecular complexity index is 873. The van der Waals surface area contributed by atoms with Crippen molar-refractivity contribution in [3.63, 3.8) is 0 Å². The van der Waals surface area contributed by atoms with Gasteiger partial charge >= 0.3 is 18.9 Å². The molecule has 2 aliphatic heterocycles. The van der Waals surface area contributed by atoms with Crippen LogP contribution in [0.4, 0.5) is 0 Å². The van der Waals surface area contributed by atoms with Crippen LogP contribution in [-0.4, -0.2) is 64.5 Å². The molecule has 4 rings (SSSR count). The van der Waals surface area contributed by atoms with Crippen LogP contribution in [0.1, 0.15) is 26.7 Å². The van der Waals surface area contributed by atoms with E-state index in [1.165, 1.54) is 37.0 Å². The minimum absolute atomic E-state index is 0. The summed E-state index contributed by atoms with van der Waals surface area (Å²) in [4.78, 5) is 0. The van der Waals surface area contributed by atoms with Crippen molar-refractivity contribution >= 4 is 42.8 Å². The van der Waals surface area contributed by atoms with E-state index in [4.69, 9.17) is 11.1 Å². The van der Waals surface area contributed by atoms with Crippen LogP contribution in [-0.2, 0) is 0 Å². The minimum Gasteiger partial charge on any atom is -0.668 e. The van der Waals surface area contributed by atoms with Crippen LogP contribution in [0.15, 0.2) is 45.1 Å². The molecule has 2 fully saturated rings. The van der Waals surface area contributed by atoms with Gasteiger partial charge in [-0.25, -0.2) is 0 Å². The van der Waals surface area contributed by atoms with Crippen molar-refractivity contribution in [2.45, 2.75) is 90.1 Å². The summed E-state index contributed by atoms with van der Waals surface area (Å²) in [7, 11) is 3.22. The zero-order valence-corrected chi connectivity index (χ0v) is 30.7. The molecule has 8 heteroatoms. The third-order valence-electron chi connectivity index (χ3n) is 8.43. The first-order chi connectivity index (χ1) is 16.0. The summed E-state index contributed by atoms with van der Waals surface area (Å²) in [6.07, 6.45) is 13.0. The fourth-order valence-corrected chi connectivity index (χ4v) is 17.4. The van der Waals surface area contributed by atoms with Gasteiger partial charge in [0.05, 0.1) is 16.1 Å². The molecule has 2 unspecified atom stereocenters. The minimum atomic E-state index is -1.44. The van der Waals surface area contributed by atoms with Gasteiger partial charge in [-0.1, -0.05) is 111 Å². The zero-order valence-electron chi connectivity index (χ0n) is 26.0. The maximum Gasteiger partial charge on any atom is 1.00 e. The first kappa shape index (κ1) is 34.7. The molecule has 0 aromatic rings. The van der Waals surface area contributed by atoms with E-state index in [2.05, 4.69) is 101 Å². The molecule has 0 N–H and O–H groups in total. The molecule has 0 spiro atoms. The summed E-state index contributed by atoms with van der Waals surface area (Å²) >= 11 is 6.78. The van der Waals surface area contributed by atoms with Gasteiger partial charge in [-0.3, -0.25) is 0 Å². The fraction of sp³-hybridized carbons (Fsp3) is 0.714. The summed E-state index contributed by atoms with van der Waals surface area (Å²) in [5.41, 5.74) is 0. The van der Waals surface area contributed by atoms with Crippen molar-refractivity contribution in [3.05, 3.63) is 50.4 Å². The van der Waals surface area contributed by atoms with Crippen LogP contribution in [0.5, 0.6) is 0 Å². The quantitative estimate of drug-likeness (QED) is 0.294. The van der Waals surface area contributed by atoms with E-state index >= 15 is 0 Å². The largest absolute Gasteiger partial charge is 1.00 e. The van der Waals surface area contributed by atoms with E-state index in [1.54, 1.807) is 29.7 Å². The van der Waals surface area contributed by atoms with E-state index in [9.17, 15) is 0 Å². The Morgan fingerprint density at radius 3 is 1.39 bits per heavy atom. The van der Waals surface area contributed by atoms with Gasteiger partial charge < -0.3 is 9.88 Å². The van der Waals surface area contributed by atoms with Gasteiger partial charge in [0.25, 0.3) is 0 Å². The van der Waals surface area contributed by atoms with Gasteiger partial charge in [0.1, 0.15) is 0 Å². The van der Waals surface area contributed by atoms with E-state index < -0.39 is 31.8 Å². The Hall–Kier alpha value is 0.635. The third-order valence-corrected chi connectivity index (χ3v) is 24.0. The van der Waals surface area contributed by atoms with Gasteiger partial charge in [0, 0.05) is 0 Å². The summed E-state index contributed by atoms with van der Waals surface area (Å²) in [5.74, 6) is 1.35. The normalized spacial score (nSPS) is 25.9. The molecule has 200 valence electrons. The maximum atomic E-state index is 6.78. The van der Waals surface area contributed by atoms with Gasteiger partial charge in [-0.2, -0.15) is 25.2 Å². The molecule has 0 saturated carbocycles. The second kappa shape index (κ2) is 13.3. The predicted molar refractivity (Wildman–Crippen MR) is 172 cm³/mol. The van der Waals surface area contributed by atoms with Crippen LogP contribution < -0.4 is 18.9 Å². The summed E-state index contributed by atoms with van der Waals surface area (Å²) in [5, 5.41) is 10.3. The Balaban J connectivity index is 0.000000319. The molecule has 2 nitrogen and oxygen atoms in total. The van der Waals surface area contributed by atoms with Gasteiger partial charge in [-0.15, -0.1) is 0 Å². The zero-order chi connectivity index (χ0) is 26.8. The SMILES string of the molecule is CC1C=C([Si](C)(C)C)C=C1[Si]1(Cl)CCC1.CC1C=C([Si](C)(C)C)C=C1[Si]1(N(C)C)CCC1.C[N-]C.[Li+]. The van der Waals surface area contributed by atoms with Crippen molar-refractivity contribution in [2.75, 3.05) is 28.2 Å². The molecule has 0 aromatic carbocycles. The molecule has 0 amide bonds. The molecule has 4 aliphatic rings. The van der Waals surface area contributed by atoms with E-state index in [1.807, 2.05) is 5.20 Å². The molecule has 2 heterocycles. The van der Waals surface area contributed by atoms with Crippen LogP contribution in [0.3, 0.4) is 0 Å². The number of halogens is 1. The average molecular weight is 573 g/mol. The van der Waals surface area contributed by atoms with Crippen molar-refractivity contribution < 1.29 is 18.9 Å². The third kappa shape index (κ3) is 7.85. The standard InChI is InChI=1S/C14H27NSi2.C12H21ClSi2.C2H6N.Li/c1-12-10-13(16(4,5)6)11-14(12)17(15(2)3)8-7-9-17;1-10-8-11(14(2,3)4)9-12(10)15(13)6-5-7-15;1-3-2;/h10-12H,7-9H2,1-6H3;8-10H,5-7H2,1-4H3;1-2H3;/q;;-1;+1. The summed E-state index contributed by atoms with van der Waals surface area (Å²) in [6.45, 7) is 19.4. The summed E-state index contributed by atoms with van der Waals surface area (Å²) in [6, 6.07) is 5.61. The number of rotatable bonds is 5. The molecule has 0 aromatic heterocycles. The Kier molecular flexibility index (Phi) is 12.8. The second-order valence-corrected chi connectivity index (χ2v) is 33.9. The van der Waals surface area contributed by atoms with E-state index in [0.29, 0.717) is 11.8 Å². The molecule has 36 heavy (non-hydrogen) atoms. The number of allylic oxidation sites excluding steroid dienone is 8. The molecule has 2 saturated heterocycles. The smallest absolute Gasteiger partial charge is 0.668 e. The fourth-order valence-electron chi connectivity index (χ4n) is 5.72. The Morgan fingerprint density at radius 2 is 1.14 bits per heavy atom. The number of hydrogen-bond donors (Lipinski definition) is 0. The average Bonchev–Trinajstić information content (AvgIpc) is 3.23. The molecule has 2 aliphatic carbocycles. The first-order valence-corrected chi connectivity index (χ1v) is 26.5. The van der Waals surface area contributed by atoms with Gasteiger partial charge in [0.2, 0.25) is 0 Å². The van der Waals surface area contributed by atoms with E-state index in [0.717, 1.165) is 0 Å².